The van der Waals surface area contributed by atoms with Crippen LogP contribution < -0.4 is 4.74 Å². The molecule has 4 nitrogen and oxygen atoms in total. The number of hydrogen-bond donors (Lipinski definition) is 1. The number of carbonyl (C=O) groups is 1. The zero-order valence-electron chi connectivity index (χ0n) is 13.1. The van der Waals surface area contributed by atoms with E-state index in [1.54, 1.807) is 0 Å². The van der Waals surface area contributed by atoms with Gasteiger partial charge in [-0.05, 0) is 49.4 Å². The molecule has 1 aromatic rings. The minimum atomic E-state index is -0.670. The maximum Gasteiger partial charge on any atom is 0.308 e. The molecule has 0 aliphatic carbocycles. The number of likely N-dealkylation sites (tertiary alicyclic amines) is 1. The van der Waals surface area contributed by atoms with Crippen LogP contribution in [-0.4, -0.2) is 42.2 Å². The van der Waals surface area contributed by atoms with Gasteiger partial charge in [0.1, 0.15) is 5.75 Å². The maximum atomic E-state index is 11.1. The molecule has 1 heterocycles. The quantitative estimate of drug-likeness (QED) is 0.819. The highest BCUT2D eigenvalue weighted by Gasteiger charge is 2.34. The summed E-state index contributed by atoms with van der Waals surface area (Å²) in [6.07, 6.45) is 0.923. The first-order chi connectivity index (χ1) is 9.97. The summed E-state index contributed by atoms with van der Waals surface area (Å²) in [7, 11) is 0. The van der Waals surface area contributed by atoms with Crippen LogP contribution in [0.1, 0.15) is 24.5 Å². The number of nitrogens with zero attached hydrogens (tertiary/aromatic N) is 1. The van der Waals surface area contributed by atoms with E-state index >= 15 is 0 Å². The third kappa shape index (κ3) is 4.21. The van der Waals surface area contributed by atoms with E-state index in [1.807, 2.05) is 13.0 Å². The van der Waals surface area contributed by atoms with E-state index in [0.717, 1.165) is 25.3 Å². The number of aliphatic carboxylic acids is 1. The maximum absolute atomic E-state index is 11.1. The van der Waals surface area contributed by atoms with Gasteiger partial charge in [0, 0.05) is 19.6 Å². The summed E-state index contributed by atoms with van der Waals surface area (Å²) in [4.78, 5) is 13.3. The fraction of sp³-hybridized carbons (Fsp3) is 0.588. The Morgan fingerprint density at radius 1 is 1.33 bits per heavy atom. The third-order valence-electron chi connectivity index (χ3n) is 4.37. The molecule has 1 aromatic carbocycles. The molecular weight excluding hydrogens is 266 g/mol. The van der Waals surface area contributed by atoms with Gasteiger partial charge >= 0.3 is 5.97 Å². The molecule has 4 heteroatoms. The summed E-state index contributed by atoms with van der Waals surface area (Å²) in [6.45, 7) is 9.31. The van der Waals surface area contributed by atoms with E-state index in [0.29, 0.717) is 13.2 Å². The summed E-state index contributed by atoms with van der Waals surface area (Å²) < 4.78 is 5.76. The van der Waals surface area contributed by atoms with Crippen LogP contribution in [-0.2, 0) is 4.79 Å². The molecule has 1 saturated heterocycles. The van der Waals surface area contributed by atoms with Gasteiger partial charge in [0.05, 0.1) is 12.5 Å². The first-order valence-electron chi connectivity index (χ1n) is 7.62. The molecule has 0 saturated carbocycles. The van der Waals surface area contributed by atoms with Crippen molar-refractivity contribution in [2.75, 3.05) is 26.2 Å². The molecule has 0 aromatic heterocycles. The molecule has 21 heavy (non-hydrogen) atoms. The lowest BCUT2D eigenvalue weighted by atomic mass is 9.99. The minimum Gasteiger partial charge on any atom is -0.494 e. The lowest BCUT2D eigenvalue weighted by molar-refractivity contribution is -0.142. The summed E-state index contributed by atoms with van der Waals surface area (Å²) in [5.41, 5.74) is 2.51. The largest absolute Gasteiger partial charge is 0.494 e. The smallest absolute Gasteiger partial charge is 0.308 e. The van der Waals surface area contributed by atoms with E-state index in [4.69, 9.17) is 9.84 Å². The van der Waals surface area contributed by atoms with E-state index < -0.39 is 5.97 Å². The lowest BCUT2D eigenvalue weighted by Crippen LogP contribution is -2.25. The van der Waals surface area contributed by atoms with E-state index in [9.17, 15) is 4.79 Å². The highest BCUT2D eigenvalue weighted by Crippen LogP contribution is 2.23. The standard InChI is InChI=1S/C17H25NO3/c1-12-5-6-15(9-13(12)2)21-8-4-7-18-10-14(3)16(11-18)17(19)20/h5-6,9,14,16H,4,7-8,10-11H2,1-3H3,(H,19,20). The molecular formula is C17H25NO3. The lowest BCUT2D eigenvalue weighted by Gasteiger charge is -2.15. The average Bonchev–Trinajstić information content (AvgIpc) is 2.80. The van der Waals surface area contributed by atoms with Gasteiger partial charge in [0.25, 0.3) is 0 Å². The molecule has 1 aliphatic heterocycles. The highest BCUT2D eigenvalue weighted by molar-refractivity contribution is 5.71. The monoisotopic (exact) mass is 291 g/mol. The van der Waals surface area contributed by atoms with Gasteiger partial charge in [0.15, 0.2) is 0 Å². The SMILES string of the molecule is Cc1ccc(OCCCN2CC(C)C(C(=O)O)C2)cc1C. The number of ether oxygens (including phenoxy) is 1. The van der Waals surface area contributed by atoms with Gasteiger partial charge in [-0.3, -0.25) is 4.79 Å². The molecule has 116 valence electrons. The highest BCUT2D eigenvalue weighted by atomic mass is 16.5. The molecule has 2 rings (SSSR count). The Kier molecular flexibility index (Phi) is 5.23. The number of rotatable bonds is 6. The van der Waals surface area contributed by atoms with E-state index in [-0.39, 0.29) is 11.8 Å². The van der Waals surface area contributed by atoms with Crippen LogP contribution in [0.3, 0.4) is 0 Å². The predicted molar refractivity (Wildman–Crippen MR) is 82.8 cm³/mol. The Morgan fingerprint density at radius 3 is 2.71 bits per heavy atom. The zero-order chi connectivity index (χ0) is 15.4. The second-order valence-corrected chi connectivity index (χ2v) is 6.13. The number of hydrogen-bond acceptors (Lipinski definition) is 3. The Hall–Kier alpha value is -1.55. The van der Waals surface area contributed by atoms with Crippen LogP contribution in [0.2, 0.25) is 0 Å². The van der Waals surface area contributed by atoms with Crippen molar-refractivity contribution in [3.8, 4) is 5.75 Å². The van der Waals surface area contributed by atoms with Crippen LogP contribution in [0.4, 0.5) is 0 Å². The molecule has 1 N–H and O–H groups in total. The zero-order valence-corrected chi connectivity index (χ0v) is 13.1. The molecule has 0 spiro atoms. The van der Waals surface area contributed by atoms with Crippen molar-refractivity contribution in [3.63, 3.8) is 0 Å². The van der Waals surface area contributed by atoms with Crippen LogP contribution >= 0.6 is 0 Å². The predicted octanol–water partition coefficient (Wildman–Crippen LogP) is 2.72. The van der Waals surface area contributed by atoms with Crippen LogP contribution in [0.5, 0.6) is 5.75 Å². The van der Waals surface area contributed by atoms with Crippen LogP contribution in [0, 0.1) is 25.7 Å². The van der Waals surface area contributed by atoms with Crippen molar-refractivity contribution in [2.45, 2.75) is 27.2 Å². The average molecular weight is 291 g/mol. The number of benzene rings is 1. The minimum absolute atomic E-state index is 0.217. The summed E-state index contributed by atoms with van der Waals surface area (Å²) in [6, 6.07) is 6.14. The molecule has 2 atom stereocenters. The Balaban J connectivity index is 1.70. The van der Waals surface area contributed by atoms with E-state index in [2.05, 4.69) is 30.9 Å². The Morgan fingerprint density at radius 2 is 2.10 bits per heavy atom. The molecule has 0 radical (unpaired) electrons. The van der Waals surface area contributed by atoms with E-state index in [1.165, 1.54) is 11.1 Å². The third-order valence-corrected chi connectivity index (χ3v) is 4.37. The van der Waals surface area contributed by atoms with Crippen LogP contribution in [0.15, 0.2) is 18.2 Å². The second-order valence-electron chi connectivity index (χ2n) is 6.13. The fourth-order valence-electron chi connectivity index (χ4n) is 2.85. The molecule has 1 aliphatic rings. The first-order valence-corrected chi connectivity index (χ1v) is 7.62. The van der Waals surface area contributed by atoms with Crippen molar-refractivity contribution >= 4 is 5.97 Å². The number of aryl methyl sites for hydroxylation is 2. The van der Waals surface area contributed by atoms with Crippen LogP contribution in [0.25, 0.3) is 0 Å². The van der Waals surface area contributed by atoms with Gasteiger partial charge in [-0.15, -0.1) is 0 Å². The molecule has 1 fully saturated rings. The van der Waals surface area contributed by atoms with Crippen molar-refractivity contribution in [1.82, 2.24) is 4.90 Å². The van der Waals surface area contributed by atoms with Crippen molar-refractivity contribution in [2.24, 2.45) is 11.8 Å². The first kappa shape index (κ1) is 15.8. The van der Waals surface area contributed by atoms with Gasteiger partial charge in [-0.25, -0.2) is 0 Å². The van der Waals surface area contributed by atoms with Crippen molar-refractivity contribution in [3.05, 3.63) is 29.3 Å². The molecule has 2 unspecified atom stereocenters. The summed E-state index contributed by atoms with van der Waals surface area (Å²) >= 11 is 0. The number of carboxylic acid groups (broad SMARTS) is 1. The fourth-order valence-corrected chi connectivity index (χ4v) is 2.85. The summed E-state index contributed by atoms with van der Waals surface area (Å²) in [5.74, 6) is 0.265. The topological polar surface area (TPSA) is 49.8 Å². The normalized spacial score (nSPS) is 22.4. The summed E-state index contributed by atoms with van der Waals surface area (Å²) in [5, 5.41) is 9.12. The molecule has 0 amide bonds. The second kappa shape index (κ2) is 6.94. The van der Waals surface area contributed by atoms with Gasteiger partial charge in [-0.2, -0.15) is 0 Å². The molecule has 0 bridgehead atoms. The number of carboxylic acids is 1. The Labute approximate surface area is 126 Å². The van der Waals surface area contributed by atoms with Gasteiger partial charge in [0.2, 0.25) is 0 Å². The van der Waals surface area contributed by atoms with Crippen molar-refractivity contribution in [1.29, 1.82) is 0 Å². The van der Waals surface area contributed by atoms with Gasteiger partial charge in [-0.1, -0.05) is 13.0 Å². The Bertz CT molecular complexity index is 501. The van der Waals surface area contributed by atoms with Gasteiger partial charge < -0.3 is 14.7 Å². The van der Waals surface area contributed by atoms with Crippen molar-refractivity contribution < 1.29 is 14.6 Å².